The first-order valence-corrected chi connectivity index (χ1v) is 6.47. The van der Waals surface area contributed by atoms with E-state index in [2.05, 4.69) is 15.2 Å². The molecule has 0 saturated carbocycles. The van der Waals surface area contributed by atoms with E-state index in [1.807, 2.05) is 6.07 Å². The number of carbonyl (C=O) groups is 1. The number of piperidine rings is 3. The van der Waals surface area contributed by atoms with Crippen molar-refractivity contribution in [1.82, 2.24) is 9.88 Å². The standard InChI is InChI=1S/C13H18N4O/c14-13(18)11-7-10(1-4-15-11)16-12-8-17-5-2-9(12)3-6-17/h1,4,7,9,12H,2-3,5-6,8H2,(H2,14,18)(H,15,16). The van der Waals surface area contributed by atoms with Crippen LogP contribution in [0.25, 0.3) is 0 Å². The smallest absolute Gasteiger partial charge is 0.267 e. The number of primary amides is 1. The van der Waals surface area contributed by atoms with Crippen molar-refractivity contribution in [1.29, 1.82) is 0 Å². The van der Waals surface area contributed by atoms with Gasteiger partial charge in [0.1, 0.15) is 5.69 Å². The van der Waals surface area contributed by atoms with Gasteiger partial charge in [-0.1, -0.05) is 0 Å². The maximum Gasteiger partial charge on any atom is 0.267 e. The molecule has 0 spiro atoms. The molecule has 0 aromatic carbocycles. The Balaban J connectivity index is 1.72. The largest absolute Gasteiger partial charge is 0.381 e. The van der Waals surface area contributed by atoms with Gasteiger partial charge >= 0.3 is 0 Å². The second-order valence-corrected chi connectivity index (χ2v) is 5.18. The molecule has 1 amide bonds. The van der Waals surface area contributed by atoms with E-state index >= 15 is 0 Å². The maximum atomic E-state index is 11.1. The first-order chi connectivity index (χ1) is 8.72. The van der Waals surface area contributed by atoms with Crippen LogP contribution >= 0.6 is 0 Å². The van der Waals surface area contributed by atoms with Gasteiger partial charge in [0.25, 0.3) is 5.91 Å². The molecular formula is C13H18N4O. The summed E-state index contributed by atoms with van der Waals surface area (Å²) in [5.74, 6) is 0.271. The molecule has 3 saturated heterocycles. The molecule has 1 unspecified atom stereocenters. The fourth-order valence-corrected chi connectivity index (χ4v) is 3.00. The molecule has 5 heteroatoms. The minimum Gasteiger partial charge on any atom is -0.381 e. The molecule has 3 aliphatic heterocycles. The topological polar surface area (TPSA) is 71.2 Å². The Morgan fingerprint density at radius 3 is 2.83 bits per heavy atom. The SMILES string of the molecule is NC(=O)c1cc(NC2CN3CCC2CC3)ccn1. The zero-order valence-electron chi connectivity index (χ0n) is 10.3. The van der Waals surface area contributed by atoms with Crippen molar-refractivity contribution in [2.24, 2.45) is 11.7 Å². The molecule has 0 radical (unpaired) electrons. The van der Waals surface area contributed by atoms with Crippen molar-refractivity contribution in [3.05, 3.63) is 24.0 Å². The van der Waals surface area contributed by atoms with Crippen LogP contribution in [-0.4, -0.2) is 41.5 Å². The number of nitrogens with zero attached hydrogens (tertiary/aromatic N) is 2. The van der Waals surface area contributed by atoms with Crippen molar-refractivity contribution in [3.8, 4) is 0 Å². The Kier molecular flexibility index (Phi) is 2.91. The van der Waals surface area contributed by atoms with Gasteiger partial charge < -0.3 is 16.0 Å². The normalized spacial score (nSPS) is 30.1. The summed E-state index contributed by atoms with van der Waals surface area (Å²) in [5.41, 5.74) is 6.50. The number of amides is 1. The van der Waals surface area contributed by atoms with Gasteiger partial charge in [0.2, 0.25) is 0 Å². The average molecular weight is 246 g/mol. The summed E-state index contributed by atoms with van der Waals surface area (Å²) in [4.78, 5) is 17.5. The second-order valence-electron chi connectivity index (χ2n) is 5.18. The number of pyridine rings is 1. The van der Waals surface area contributed by atoms with Crippen molar-refractivity contribution < 1.29 is 4.79 Å². The molecule has 18 heavy (non-hydrogen) atoms. The van der Waals surface area contributed by atoms with Crippen LogP contribution < -0.4 is 11.1 Å². The highest BCUT2D eigenvalue weighted by Gasteiger charge is 2.33. The number of fused-ring (bicyclic) bond motifs is 3. The van der Waals surface area contributed by atoms with E-state index in [1.54, 1.807) is 12.3 Å². The highest BCUT2D eigenvalue weighted by atomic mass is 16.1. The van der Waals surface area contributed by atoms with Crippen molar-refractivity contribution >= 4 is 11.6 Å². The summed E-state index contributed by atoms with van der Waals surface area (Å²) in [7, 11) is 0. The summed E-state index contributed by atoms with van der Waals surface area (Å²) in [6, 6.07) is 4.11. The Morgan fingerprint density at radius 2 is 2.22 bits per heavy atom. The highest BCUT2D eigenvalue weighted by molar-refractivity contribution is 5.91. The first-order valence-electron chi connectivity index (χ1n) is 6.47. The molecular weight excluding hydrogens is 228 g/mol. The fourth-order valence-electron chi connectivity index (χ4n) is 3.00. The molecule has 3 N–H and O–H groups in total. The first kappa shape index (κ1) is 11.5. The lowest BCUT2D eigenvalue weighted by Crippen LogP contribution is -2.53. The minimum absolute atomic E-state index is 0.321. The van der Waals surface area contributed by atoms with Gasteiger partial charge in [-0.15, -0.1) is 0 Å². The van der Waals surface area contributed by atoms with Gasteiger partial charge in [-0.25, -0.2) is 0 Å². The lowest BCUT2D eigenvalue weighted by atomic mass is 9.84. The molecule has 3 aliphatic rings. The number of nitrogens with two attached hydrogens (primary N) is 1. The Hall–Kier alpha value is -1.62. The molecule has 1 aromatic heterocycles. The third kappa shape index (κ3) is 2.18. The monoisotopic (exact) mass is 246 g/mol. The molecule has 0 aliphatic carbocycles. The summed E-state index contributed by atoms with van der Waals surface area (Å²) in [6.45, 7) is 3.55. The van der Waals surface area contributed by atoms with Crippen molar-refractivity contribution in [3.63, 3.8) is 0 Å². The lowest BCUT2D eigenvalue weighted by Gasteiger charge is -2.45. The number of aromatic nitrogens is 1. The number of rotatable bonds is 3. The van der Waals surface area contributed by atoms with Crippen molar-refractivity contribution in [2.45, 2.75) is 18.9 Å². The quantitative estimate of drug-likeness (QED) is 0.823. The van der Waals surface area contributed by atoms with E-state index in [4.69, 9.17) is 5.73 Å². The van der Waals surface area contributed by atoms with Gasteiger partial charge in [-0.3, -0.25) is 9.78 Å². The predicted molar refractivity (Wildman–Crippen MR) is 69.3 cm³/mol. The number of nitrogens with one attached hydrogen (secondary N) is 1. The molecule has 3 fully saturated rings. The van der Waals surface area contributed by atoms with Crippen LogP contribution in [0.15, 0.2) is 18.3 Å². The number of hydrogen-bond acceptors (Lipinski definition) is 4. The zero-order chi connectivity index (χ0) is 12.5. The molecule has 4 rings (SSSR count). The van der Waals surface area contributed by atoms with Gasteiger partial charge in [-0.2, -0.15) is 0 Å². The average Bonchev–Trinajstić information content (AvgIpc) is 2.40. The van der Waals surface area contributed by atoms with Crippen LogP contribution in [0.2, 0.25) is 0 Å². The predicted octanol–water partition coefficient (Wildman–Crippen LogP) is 0.687. The third-order valence-corrected chi connectivity index (χ3v) is 4.02. The molecule has 96 valence electrons. The Morgan fingerprint density at radius 1 is 1.44 bits per heavy atom. The van der Waals surface area contributed by atoms with E-state index in [1.165, 1.54) is 25.9 Å². The third-order valence-electron chi connectivity index (χ3n) is 4.02. The van der Waals surface area contributed by atoms with Gasteiger partial charge in [0.05, 0.1) is 0 Å². The molecule has 2 bridgehead atoms. The summed E-state index contributed by atoms with van der Waals surface area (Å²) < 4.78 is 0. The van der Waals surface area contributed by atoms with E-state index in [9.17, 15) is 4.79 Å². The van der Waals surface area contributed by atoms with Gasteiger partial charge in [0, 0.05) is 24.5 Å². The van der Waals surface area contributed by atoms with E-state index in [-0.39, 0.29) is 0 Å². The van der Waals surface area contributed by atoms with Gasteiger partial charge in [0.15, 0.2) is 0 Å². The van der Waals surface area contributed by atoms with E-state index < -0.39 is 5.91 Å². The van der Waals surface area contributed by atoms with Crippen LogP contribution in [-0.2, 0) is 0 Å². The highest BCUT2D eigenvalue weighted by Crippen LogP contribution is 2.29. The summed E-state index contributed by atoms with van der Waals surface area (Å²) in [6.07, 6.45) is 4.17. The van der Waals surface area contributed by atoms with Crippen LogP contribution in [0, 0.1) is 5.92 Å². The summed E-state index contributed by atoms with van der Waals surface area (Å²) >= 11 is 0. The second kappa shape index (κ2) is 4.57. The Labute approximate surface area is 106 Å². The summed E-state index contributed by atoms with van der Waals surface area (Å²) in [5, 5.41) is 3.52. The number of anilines is 1. The molecule has 4 heterocycles. The van der Waals surface area contributed by atoms with E-state index in [0.717, 1.165) is 18.2 Å². The van der Waals surface area contributed by atoms with Crippen LogP contribution in [0.4, 0.5) is 5.69 Å². The number of carbonyl (C=O) groups excluding carboxylic acids is 1. The Bertz CT molecular complexity index is 454. The lowest BCUT2D eigenvalue weighted by molar-refractivity contribution is 0.0974. The van der Waals surface area contributed by atoms with Gasteiger partial charge in [-0.05, 0) is 44.0 Å². The number of hydrogen-bond donors (Lipinski definition) is 2. The minimum atomic E-state index is -0.479. The molecule has 1 aromatic rings. The van der Waals surface area contributed by atoms with Crippen LogP contribution in [0.3, 0.4) is 0 Å². The zero-order valence-corrected chi connectivity index (χ0v) is 10.3. The van der Waals surface area contributed by atoms with Crippen LogP contribution in [0.5, 0.6) is 0 Å². The van der Waals surface area contributed by atoms with Crippen molar-refractivity contribution in [2.75, 3.05) is 25.0 Å². The fraction of sp³-hybridized carbons (Fsp3) is 0.538. The maximum absolute atomic E-state index is 11.1. The molecule has 1 atom stereocenters. The van der Waals surface area contributed by atoms with Crippen LogP contribution in [0.1, 0.15) is 23.3 Å². The van der Waals surface area contributed by atoms with E-state index in [0.29, 0.717) is 11.7 Å². The molecule has 5 nitrogen and oxygen atoms in total.